The van der Waals surface area contributed by atoms with E-state index in [1.807, 2.05) is 32.0 Å². The van der Waals surface area contributed by atoms with E-state index in [0.29, 0.717) is 41.7 Å². The van der Waals surface area contributed by atoms with E-state index in [4.69, 9.17) is 16.8 Å². The normalized spacial score (nSPS) is 10.6. The molecule has 0 atom stereocenters. The average Bonchev–Trinajstić information content (AvgIpc) is 2.87. The minimum absolute atomic E-state index is 0.141. The predicted molar refractivity (Wildman–Crippen MR) is 141 cm³/mol. The van der Waals surface area contributed by atoms with Crippen LogP contribution in [-0.2, 0) is 4.79 Å². The van der Waals surface area contributed by atoms with E-state index in [-0.39, 0.29) is 11.8 Å². The van der Waals surface area contributed by atoms with Crippen molar-refractivity contribution < 1.29 is 14.8 Å². The molecule has 0 saturated carbocycles. The maximum Gasteiger partial charge on any atom is 0.251 e. The number of hydrogen-bond donors (Lipinski definition) is 5. The first kappa shape index (κ1) is 26.9. The van der Waals surface area contributed by atoms with E-state index >= 15 is 0 Å². The van der Waals surface area contributed by atoms with Gasteiger partial charge in [0.1, 0.15) is 5.82 Å². The number of carbonyl (C=O) groups is 2. The third-order valence-electron chi connectivity index (χ3n) is 5.54. The number of carbonyl (C=O) groups excluding carboxylic acids is 2. The second-order valence-electron chi connectivity index (χ2n) is 8.47. The summed E-state index contributed by atoms with van der Waals surface area (Å²) in [4.78, 5) is 32.3. The number of unbranched alkanes of at least 4 members (excludes halogenated alkanes) is 3. The van der Waals surface area contributed by atoms with E-state index in [1.54, 1.807) is 35.9 Å². The maximum absolute atomic E-state index is 12.4. The van der Waals surface area contributed by atoms with E-state index < -0.39 is 0 Å². The smallest absolute Gasteiger partial charge is 0.251 e. The summed E-state index contributed by atoms with van der Waals surface area (Å²) < 4.78 is 0. The number of anilines is 4. The molecule has 0 aliphatic heterocycles. The van der Waals surface area contributed by atoms with Crippen LogP contribution in [0.5, 0.6) is 0 Å². The highest BCUT2D eigenvalue weighted by molar-refractivity contribution is 6.31. The lowest BCUT2D eigenvalue weighted by Gasteiger charge is -2.12. The molecule has 9 nitrogen and oxygen atoms in total. The molecular weight excluding hydrogens is 480 g/mol. The molecule has 0 saturated heterocycles. The van der Waals surface area contributed by atoms with Gasteiger partial charge in [0.05, 0.1) is 0 Å². The van der Waals surface area contributed by atoms with Gasteiger partial charge in [0, 0.05) is 46.7 Å². The van der Waals surface area contributed by atoms with Crippen LogP contribution >= 0.6 is 11.6 Å². The Kier molecular flexibility index (Phi) is 10.0. The molecule has 190 valence electrons. The van der Waals surface area contributed by atoms with Crippen LogP contribution in [-0.4, -0.2) is 33.5 Å². The maximum atomic E-state index is 12.4. The summed E-state index contributed by atoms with van der Waals surface area (Å²) in [6, 6.07) is 12.8. The van der Waals surface area contributed by atoms with Gasteiger partial charge in [-0.25, -0.2) is 10.5 Å². The third kappa shape index (κ3) is 8.21. The molecule has 1 aromatic heterocycles. The quantitative estimate of drug-likeness (QED) is 0.125. The number of nitrogens with zero attached hydrogens (tertiary/aromatic N) is 2. The Hall–Kier alpha value is -3.69. The minimum Gasteiger partial charge on any atom is -0.352 e. The van der Waals surface area contributed by atoms with Crippen LogP contribution in [0, 0.1) is 13.8 Å². The van der Waals surface area contributed by atoms with Gasteiger partial charge in [-0.3, -0.25) is 14.8 Å². The molecule has 0 bridgehead atoms. The average molecular weight is 511 g/mol. The summed E-state index contributed by atoms with van der Waals surface area (Å²) in [6.45, 7) is 4.44. The van der Waals surface area contributed by atoms with Crippen molar-refractivity contribution in [3.63, 3.8) is 0 Å². The number of amides is 2. The topological polar surface area (TPSA) is 128 Å². The van der Waals surface area contributed by atoms with E-state index in [0.717, 1.165) is 41.8 Å². The van der Waals surface area contributed by atoms with Gasteiger partial charge < -0.3 is 16.0 Å². The zero-order chi connectivity index (χ0) is 25.9. The van der Waals surface area contributed by atoms with Gasteiger partial charge in [0.15, 0.2) is 0 Å². The van der Waals surface area contributed by atoms with Crippen LogP contribution in [0.1, 0.15) is 53.6 Å². The molecule has 5 N–H and O–H groups in total. The molecule has 0 radical (unpaired) electrons. The Balaban J connectivity index is 1.49. The Morgan fingerprint density at radius 2 is 1.64 bits per heavy atom. The lowest BCUT2D eigenvalue weighted by atomic mass is 10.1. The van der Waals surface area contributed by atoms with E-state index in [9.17, 15) is 9.59 Å². The highest BCUT2D eigenvalue weighted by atomic mass is 35.5. The first-order valence-corrected chi connectivity index (χ1v) is 12.2. The highest BCUT2D eigenvalue weighted by Crippen LogP contribution is 2.24. The largest absolute Gasteiger partial charge is 0.352 e. The standard InChI is InChI=1S/C26H31ClN6O3/c1-17-15-21(12-13-22(17)27)30-24-18(2)16-29-26(32-24)31-20-10-8-19(9-11-20)25(35)28-14-6-4-3-5-7-23(34)33-36/h8-13,15-16,36H,3-7,14H2,1-2H3,(H,28,35)(H,33,34)(H2,29,30,31,32). The minimum atomic E-state index is -0.375. The Labute approximate surface area is 215 Å². The molecule has 0 spiro atoms. The number of benzene rings is 2. The molecule has 10 heteroatoms. The van der Waals surface area contributed by atoms with Gasteiger partial charge in [0.25, 0.3) is 5.91 Å². The molecule has 2 aromatic carbocycles. The van der Waals surface area contributed by atoms with Crippen molar-refractivity contribution in [3.05, 3.63) is 70.4 Å². The molecule has 3 aromatic rings. The van der Waals surface area contributed by atoms with Crippen LogP contribution in [0.25, 0.3) is 0 Å². The van der Waals surface area contributed by atoms with Crippen molar-refractivity contribution >= 4 is 46.6 Å². The van der Waals surface area contributed by atoms with Crippen LogP contribution in [0.15, 0.2) is 48.7 Å². The zero-order valence-electron chi connectivity index (χ0n) is 20.4. The van der Waals surface area contributed by atoms with Gasteiger partial charge in [0.2, 0.25) is 11.9 Å². The molecule has 0 unspecified atom stereocenters. The number of aromatic nitrogens is 2. The summed E-state index contributed by atoms with van der Waals surface area (Å²) in [5, 5.41) is 18.5. The number of hydrogen-bond acceptors (Lipinski definition) is 7. The molecule has 2 amide bonds. The van der Waals surface area contributed by atoms with Crippen LogP contribution in [0.4, 0.5) is 23.1 Å². The Morgan fingerprint density at radius 3 is 2.36 bits per heavy atom. The molecule has 3 rings (SSSR count). The van der Waals surface area contributed by atoms with Crippen molar-refractivity contribution in [1.29, 1.82) is 0 Å². The van der Waals surface area contributed by atoms with Crippen LogP contribution < -0.4 is 21.4 Å². The number of hydroxylamine groups is 1. The Bertz CT molecular complexity index is 1190. The van der Waals surface area contributed by atoms with Gasteiger partial charge in [-0.1, -0.05) is 24.4 Å². The molecule has 0 fully saturated rings. The molecule has 0 aliphatic carbocycles. The third-order valence-corrected chi connectivity index (χ3v) is 5.96. The van der Waals surface area contributed by atoms with Gasteiger partial charge in [-0.05, 0) is 74.7 Å². The summed E-state index contributed by atoms with van der Waals surface area (Å²) in [5.41, 5.74) is 5.70. The summed E-state index contributed by atoms with van der Waals surface area (Å²) in [6.07, 6.45) is 5.33. The van der Waals surface area contributed by atoms with Gasteiger partial charge in [-0.15, -0.1) is 0 Å². The fourth-order valence-corrected chi connectivity index (χ4v) is 3.56. The van der Waals surface area contributed by atoms with Gasteiger partial charge in [-0.2, -0.15) is 4.98 Å². The van der Waals surface area contributed by atoms with Crippen molar-refractivity contribution in [2.24, 2.45) is 0 Å². The number of rotatable bonds is 12. The monoisotopic (exact) mass is 510 g/mol. The second-order valence-corrected chi connectivity index (χ2v) is 8.88. The number of nitrogens with one attached hydrogen (secondary N) is 4. The Morgan fingerprint density at radius 1 is 0.917 bits per heavy atom. The molecule has 36 heavy (non-hydrogen) atoms. The lowest BCUT2D eigenvalue weighted by molar-refractivity contribution is -0.129. The highest BCUT2D eigenvalue weighted by Gasteiger charge is 2.08. The fraction of sp³-hybridized carbons (Fsp3) is 0.308. The number of aryl methyl sites for hydroxylation is 2. The van der Waals surface area contributed by atoms with E-state index in [1.165, 1.54) is 0 Å². The fourth-order valence-electron chi connectivity index (χ4n) is 3.45. The van der Waals surface area contributed by atoms with E-state index in [2.05, 4.69) is 25.9 Å². The molecule has 0 aliphatic rings. The van der Waals surface area contributed by atoms with Crippen molar-refractivity contribution in [3.8, 4) is 0 Å². The number of halogens is 1. The second kappa shape index (κ2) is 13.4. The van der Waals surface area contributed by atoms with Crippen molar-refractivity contribution in [2.45, 2.75) is 46.0 Å². The first-order chi connectivity index (χ1) is 17.4. The van der Waals surface area contributed by atoms with Crippen LogP contribution in [0.2, 0.25) is 5.02 Å². The molecule has 1 heterocycles. The first-order valence-electron chi connectivity index (χ1n) is 11.8. The zero-order valence-corrected chi connectivity index (χ0v) is 21.2. The van der Waals surface area contributed by atoms with Gasteiger partial charge >= 0.3 is 0 Å². The summed E-state index contributed by atoms with van der Waals surface area (Å²) in [5.74, 6) is 0.599. The lowest BCUT2D eigenvalue weighted by Crippen LogP contribution is -2.24. The van der Waals surface area contributed by atoms with Crippen molar-refractivity contribution in [2.75, 3.05) is 17.2 Å². The van der Waals surface area contributed by atoms with Crippen LogP contribution in [0.3, 0.4) is 0 Å². The predicted octanol–water partition coefficient (Wildman–Crippen LogP) is 5.42. The SMILES string of the molecule is Cc1cc(Nc2nc(Nc3ccc(C(=O)NCCCCCCC(=O)NO)cc3)ncc2C)ccc1Cl. The molecular formula is C26H31ClN6O3. The summed E-state index contributed by atoms with van der Waals surface area (Å²) >= 11 is 6.12. The summed E-state index contributed by atoms with van der Waals surface area (Å²) in [7, 11) is 0. The van der Waals surface area contributed by atoms with Crippen molar-refractivity contribution in [1.82, 2.24) is 20.8 Å².